The summed E-state index contributed by atoms with van der Waals surface area (Å²) in [5, 5.41) is 12.3. The Bertz CT molecular complexity index is 236. The van der Waals surface area contributed by atoms with Gasteiger partial charge in [0.1, 0.15) is 0 Å². The second-order valence-electron chi connectivity index (χ2n) is 3.06. The summed E-state index contributed by atoms with van der Waals surface area (Å²) >= 11 is 1.68. The summed E-state index contributed by atoms with van der Waals surface area (Å²) in [6, 6.07) is 0. The first-order valence-corrected chi connectivity index (χ1v) is 4.78. The third-order valence-electron chi connectivity index (χ3n) is 1.89. The standard InChI is InChI=1S/C8H11NOS/c1-5(10)7-4-11-8(9-7)6-2-3-6/h4-6,10H,2-3H2,1H3/t5-/m1/s1. The van der Waals surface area contributed by atoms with Gasteiger partial charge in [-0.1, -0.05) is 0 Å². The largest absolute Gasteiger partial charge is 0.387 e. The van der Waals surface area contributed by atoms with Gasteiger partial charge >= 0.3 is 0 Å². The van der Waals surface area contributed by atoms with E-state index in [0.29, 0.717) is 5.92 Å². The molecule has 1 heterocycles. The van der Waals surface area contributed by atoms with Crippen molar-refractivity contribution in [3.8, 4) is 0 Å². The molecule has 0 saturated heterocycles. The van der Waals surface area contributed by atoms with Crippen LogP contribution in [-0.4, -0.2) is 10.1 Å². The van der Waals surface area contributed by atoms with Crippen LogP contribution in [0.1, 0.15) is 42.5 Å². The molecule has 0 radical (unpaired) electrons. The number of aromatic nitrogens is 1. The maximum absolute atomic E-state index is 9.18. The van der Waals surface area contributed by atoms with Crippen molar-refractivity contribution < 1.29 is 5.11 Å². The van der Waals surface area contributed by atoms with Crippen LogP contribution < -0.4 is 0 Å². The smallest absolute Gasteiger partial charge is 0.0960 e. The minimum Gasteiger partial charge on any atom is -0.387 e. The first-order chi connectivity index (χ1) is 5.27. The number of thiazole rings is 1. The van der Waals surface area contributed by atoms with Gasteiger partial charge in [-0.05, 0) is 19.8 Å². The predicted octanol–water partition coefficient (Wildman–Crippen LogP) is 2.07. The van der Waals surface area contributed by atoms with Crippen molar-refractivity contribution in [2.24, 2.45) is 0 Å². The summed E-state index contributed by atoms with van der Waals surface area (Å²) < 4.78 is 0. The van der Waals surface area contributed by atoms with Crippen LogP contribution in [0.3, 0.4) is 0 Å². The Labute approximate surface area is 69.9 Å². The van der Waals surface area contributed by atoms with E-state index in [9.17, 15) is 5.11 Å². The fourth-order valence-corrected chi connectivity index (χ4v) is 2.09. The summed E-state index contributed by atoms with van der Waals surface area (Å²) in [5.74, 6) is 0.715. The summed E-state index contributed by atoms with van der Waals surface area (Å²) in [7, 11) is 0. The quantitative estimate of drug-likeness (QED) is 0.735. The third-order valence-corrected chi connectivity index (χ3v) is 2.92. The van der Waals surface area contributed by atoms with E-state index in [1.165, 1.54) is 17.8 Å². The van der Waals surface area contributed by atoms with Crippen molar-refractivity contribution in [2.75, 3.05) is 0 Å². The maximum Gasteiger partial charge on any atom is 0.0960 e. The molecule has 1 atom stereocenters. The molecule has 60 valence electrons. The fourth-order valence-electron chi connectivity index (χ4n) is 1.01. The number of rotatable bonds is 2. The van der Waals surface area contributed by atoms with E-state index < -0.39 is 6.10 Å². The molecule has 0 amide bonds. The molecule has 1 N–H and O–H groups in total. The molecular formula is C8H11NOS. The first-order valence-electron chi connectivity index (χ1n) is 3.91. The van der Waals surface area contributed by atoms with Crippen molar-refractivity contribution in [2.45, 2.75) is 31.8 Å². The van der Waals surface area contributed by atoms with E-state index in [1.807, 2.05) is 5.38 Å². The number of hydrogen-bond acceptors (Lipinski definition) is 3. The van der Waals surface area contributed by atoms with Crippen LogP contribution in [-0.2, 0) is 0 Å². The molecule has 0 unspecified atom stereocenters. The average molecular weight is 169 g/mol. The molecule has 0 aromatic carbocycles. The zero-order chi connectivity index (χ0) is 7.84. The fraction of sp³-hybridized carbons (Fsp3) is 0.625. The predicted molar refractivity (Wildman–Crippen MR) is 44.7 cm³/mol. The Morgan fingerprint density at radius 1 is 1.73 bits per heavy atom. The topological polar surface area (TPSA) is 33.1 Å². The van der Waals surface area contributed by atoms with E-state index in [4.69, 9.17) is 0 Å². The lowest BCUT2D eigenvalue weighted by atomic mass is 10.3. The lowest BCUT2D eigenvalue weighted by molar-refractivity contribution is 0.195. The zero-order valence-corrected chi connectivity index (χ0v) is 7.27. The van der Waals surface area contributed by atoms with Gasteiger partial charge < -0.3 is 5.11 Å². The van der Waals surface area contributed by atoms with E-state index in [2.05, 4.69) is 4.98 Å². The third kappa shape index (κ3) is 1.44. The number of hydrogen-bond donors (Lipinski definition) is 1. The van der Waals surface area contributed by atoms with Crippen molar-refractivity contribution in [3.63, 3.8) is 0 Å². The van der Waals surface area contributed by atoms with Crippen LogP contribution in [0.2, 0.25) is 0 Å². The molecule has 1 fully saturated rings. The number of aliphatic hydroxyl groups excluding tert-OH is 1. The van der Waals surface area contributed by atoms with Gasteiger partial charge in [-0.2, -0.15) is 0 Å². The van der Waals surface area contributed by atoms with Gasteiger partial charge in [0.2, 0.25) is 0 Å². The Morgan fingerprint density at radius 3 is 2.91 bits per heavy atom. The molecule has 2 rings (SSSR count). The van der Waals surface area contributed by atoms with Gasteiger partial charge in [0.05, 0.1) is 16.8 Å². The minimum absolute atomic E-state index is 0.404. The molecule has 1 aliphatic rings. The van der Waals surface area contributed by atoms with E-state index >= 15 is 0 Å². The molecule has 1 aromatic heterocycles. The number of nitrogens with zero attached hydrogens (tertiary/aromatic N) is 1. The Hall–Kier alpha value is -0.410. The van der Waals surface area contributed by atoms with Crippen molar-refractivity contribution in [1.29, 1.82) is 0 Å². The normalized spacial score (nSPS) is 20.2. The Kier molecular flexibility index (Phi) is 1.69. The highest BCUT2D eigenvalue weighted by atomic mass is 32.1. The van der Waals surface area contributed by atoms with Crippen LogP contribution >= 0.6 is 11.3 Å². The SMILES string of the molecule is C[C@@H](O)c1csc(C2CC2)n1. The second-order valence-corrected chi connectivity index (χ2v) is 3.95. The molecule has 0 aliphatic heterocycles. The zero-order valence-electron chi connectivity index (χ0n) is 6.45. The van der Waals surface area contributed by atoms with E-state index in [0.717, 1.165) is 5.69 Å². The van der Waals surface area contributed by atoms with Crippen LogP contribution in [0.25, 0.3) is 0 Å². The lowest BCUT2D eigenvalue weighted by Gasteiger charge is -1.95. The van der Waals surface area contributed by atoms with Crippen LogP contribution in [0.15, 0.2) is 5.38 Å². The van der Waals surface area contributed by atoms with Crippen LogP contribution in [0, 0.1) is 0 Å². The molecule has 0 bridgehead atoms. The molecule has 0 spiro atoms. The average Bonchev–Trinajstić information content (AvgIpc) is 2.68. The number of aliphatic hydroxyl groups is 1. The summed E-state index contributed by atoms with van der Waals surface area (Å²) in [6.07, 6.45) is 2.17. The second kappa shape index (κ2) is 2.57. The Morgan fingerprint density at radius 2 is 2.45 bits per heavy atom. The molecule has 1 aromatic rings. The highest BCUT2D eigenvalue weighted by molar-refractivity contribution is 7.09. The molecule has 1 saturated carbocycles. The molecule has 2 nitrogen and oxygen atoms in total. The highest BCUT2D eigenvalue weighted by Gasteiger charge is 2.26. The van der Waals surface area contributed by atoms with Crippen LogP contribution in [0.4, 0.5) is 0 Å². The first kappa shape index (κ1) is 7.25. The molecular weight excluding hydrogens is 158 g/mol. The molecule has 1 aliphatic carbocycles. The monoisotopic (exact) mass is 169 g/mol. The maximum atomic E-state index is 9.18. The van der Waals surface area contributed by atoms with Crippen molar-refractivity contribution >= 4 is 11.3 Å². The summed E-state index contributed by atoms with van der Waals surface area (Å²) in [4.78, 5) is 4.34. The summed E-state index contributed by atoms with van der Waals surface area (Å²) in [5.41, 5.74) is 0.830. The van der Waals surface area contributed by atoms with Gasteiger partial charge in [-0.15, -0.1) is 11.3 Å². The van der Waals surface area contributed by atoms with Gasteiger partial charge in [-0.3, -0.25) is 0 Å². The Balaban J connectivity index is 2.18. The highest BCUT2D eigenvalue weighted by Crippen LogP contribution is 2.41. The van der Waals surface area contributed by atoms with Gasteiger partial charge in [0.15, 0.2) is 0 Å². The molecule has 3 heteroatoms. The van der Waals surface area contributed by atoms with Gasteiger partial charge in [-0.25, -0.2) is 4.98 Å². The summed E-state index contributed by atoms with van der Waals surface area (Å²) in [6.45, 7) is 1.76. The van der Waals surface area contributed by atoms with E-state index in [-0.39, 0.29) is 0 Å². The van der Waals surface area contributed by atoms with Gasteiger partial charge in [0, 0.05) is 11.3 Å². The van der Waals surface area contributed by atoms with Crippen LogP contribution in [0.5, 0.6) is 0 Å². The van der Waals surface area contributed by atoms with Gasteiger partial charge in [0.25, 0.3) is 0 Å². The minimum atomic E-state index is -0.404. The van der Waals surface area contributed by atoms with Crippen molar-refractivity contribution in [1.82, 2.24) is 4.98 Å². The van der Waals surface area contributed by atoms with E-state index in [1.54, 1.807) is 18.3 Å². The lowest BCUT2D eigenvalue weighted by Crippen LogP contribution is -1.90. The molecule has 11 heavy (non-hydrogen) atoms. The van der Waals surface area contributed by atoms with Crippen molar-refractivity contribution in [3.05, 3.63) is 16.1 Å².